The summed E-state index contributed by atoms with van der Waals surface area (Å²) in [6.07, 6.45) is 0. The van der Waals surface area contributed by atoms with Crippen molar-refractivity contribution >= 4 is 11.4 Å². The minimum atomic E-state index is 0.612. The zero-order valence-electron chi connectivity index (χ0n) is 22.8. The Bertz CT molecular complexity index is 1080. The summed E-state index contributed by atoms with van der Waals surface area (Å²) in [5, 5.41) is 7.26. The number of pyridine rings is 1. The van der Waals surface area contributed by atoms with Crippen LogP contribution in [0.25, 0.3) is 0 Å². The van der Waals surface area contributed by atoms with Crippen LogP contribution in [0.5, 0.6) is 0 Å². The number of nitrogens with zero attached hydrogens (tertiary/aromatic N) is 3. The monoisotopic (exact) mass is 531 g/mol. The van der Waals surface area contributed by atoms with Crippen molar-refractivity contribution < 1.29 is 14.2 Å². The molecule has 0 spiro atoms. The highest BCUT2D eigenvalue weighted by molar-refractivity contribution is 5.52. The minimum Gasteiger partial charge on any atom is -0.379 e. The molecule has 2 atom stereocenters. The molecule has 3 heterocycles. The van der Waals surface area contributed by atoms with Crippen LogP contribution in [-0.4, -0.2) is 80.6 Å². The third-order valence-corrected chi connectivity index (χ3v) is 7.19. The van der Waals surface area contributed by atoms with Crippen LogP contribution in [0.15, 0.2) is 66.7 Å². The van der Waals surface area contributed by atoms with Crippen molar-refractivity contribution in [2.45, 2.75) is 26.2 Å². The first-order chi connectivity index (χ1) is 19.3. The lowest BCUT2D eigenvalue weighted by Crippen LogP contribution is -2.33. The predicted octanol–water partition coefficient (Wildman–Crippen LogP) is 3.99. The van der Waals surface area contributed by atoms with E-state index in [9.17, 15) is 0 Å². The summed E-state index contributed by atoms with van der Waals surface area (Å²) in [6.45, 7) is 10.3. The van der Waals surface area contributed by atoms with E-state index in [2.05, 4.69) is 87.2 Å². The lowest BCUT2D eigenvalue weighted by molar-refractivity contribution is 0.0311. The Morgan fingerprint density at radius 2 is 0.949 bits per heavy atom. The molecule has 5 rings (SSSR count). The summed E-state index contributed by atoms with van der Waals surface area (Å²) in [5.41, 5.74) is 6.83. The van der Waals surface area contributed by atoms with Crippen molar-refractivity contribution in [3.05, 3.63) is 89.2 Å². The predicted molar refractivity (Wildman–Crippen MR) is 155 cm³/mol. The first kappa shape index (κ1) is 27.6. The van der Waals surface area contributed by atoms with Gasteiger partial charge in [-0.3, -0.25) is 14.8 Å². The van der Waals surface area contributed by atoms with Gasteiger partial charge in [0.25, 0.3) is 0 Å². The summed E-state index contributed by atoms with van der Waals surface area (Å²) in [4.78, 5) is 9.76. The number of fused-ring (bicyclic) bond motifs is 10. The number of hydrogen-bond acceptors (Lipinski definition) is 8. The first-order valence-corrected chi connectivity index (χ1v) is 14.1. The fraction of sp³-hybridized carbons (Fsp3) is 0.452. The van der Waals surface area contributed by atoms with E-state index in [1.807, 2.05) is 0 Å². The van der Waals surface area contributed by atoms with Gasteiger partial charge in [-0.1, -0.05) is 42.5 Å². The Balaban J connectivity index is 1.41. The van der Waals surface area contributed by atoms with Gasteiger partial charge in [-0.05, 0) is 35.4 Å². The van der Waals surface area contributed by atoms with Gasteiger partial charge in [0.1, 0.15) is 0 Å². The Kier molecular flexibility index (Phi) is 10.6. The molecule has 2 aromatic carbocycles. The number of aromatic nitrogens is 1. The van der Waals surface area contributed by atoms with E-state index in [1.54, 1.807) is 0 Å². The molecule has 39 heavy (non-hydrogen) atoms. The zero-order valence-corrected chi connectivity index (χ0v) is 22.8. The summed E-state index contributed by atoms with van der Waals surface area (Å²) in [6, 6.07) is 23.3. The van der Waals surface area contributed by atoms with Gasteiger partial charge >= 0.3 is 0 Å². The number of para-hydroxylation sites is 2. The van der Waals surface area contributed by atoms with E-state index < -0.39 is 0 Å². The van der Waals surface area contributed by atoms with Gasteiger partial charge in [0.15, 0.2) is 0 Å². The maximum atomic E-state index is 6.15. The van der Waals surface area contributed by atoms with Crippen LogP contribution in [0.1, 0.15) is 22.5 Å². The Morgan fingerprint density at radius 1 is 0.513 bits per heavy atom. The van der Waals surface area contributed by atoms with Crippen LogP contribution < -0.4 is 10.6 Å². The average molecular weight is 532 g/mol. The molecule has 3 aromatic rings. The molecule has 2 aliphatic heterocycles. The first-order valence-electron chi connectivity index (χ1n) is 14.1. The van der Waals surface area contributed by atoms with E-state index in [0.717, 1.165) is 62.0 Å². The molecule has 1 fully saturated rings. The van der Waals surface area contributed by atoms with Crippen LogP contribution in [-0.2, 0) is 40.4 Å². The second kappa shape index (κ2) is 15.0. The van der Waals surface area contributed by atoms with E-state index >= 15 is 0 Å². The Hall–Kier alpha value is -3.01. The SMILES string of the molecule is c1cc2nc(c1)CNc1ccccc1CN1CCOCCOCCN(CCOCC1)Cc1ccccc1NC2. The summed E-state index contributed by atoms with van der Waals surface area (Å²) in [5.74, 6) is 0. The number of benzene rings is 2. The van der Waals surface area contributed by atoms with Crippen molar-refractivity contribution in [2.75, 3.05) is 76.5 Å². The van der Waals surface area contributed by atoms with E-state index in [-0.39, 0.29) is 0 Å². The molecular formula is C31H41N5O3. The zero-order chi connectivity index (χ0) is 26.5. The molecule has 4 bridgehead atoms. The lowest BCUT2D eigenvalue weighted by Gasteiger charge is -2.25. The summed E-state index contributed by atoms with van der Waals surface area (Å²) < 4.78 is 18.0. The molecule has 2 N–H and O–H groups in total. The van der Waals surface area contributed by atoms with E-state index in [1.165, 1.54) is 11.1 Å². The van der Waals surface area contributed by atoms with Crippen LogP contribution in [0, 0.1) is 0 Å². The van der Waals surface area contributed by atoms with Crippen LogP contribution >= 0.6 is 0 Å². The Morgan fingerprint density at radius 3 is 1.44 bits per heavy atom. The van der Waals surface area contributed by atoms with Crippen LogP contribution in [0.3, 0.4) is 0 Å². The fourth-order valence-corrected chi connectivity index (χ4v) is 4.98. The normalized spacial score (nSPS) is 22.1. The highest BCUT2D eigenvalue weighted by Crippen LogP contribution is 2.20. The number of nitrogens with one attached hydrogen (secondary N) is 2. The van der Waals surface area contributed by atoms with Gasteiger partial charge in [0, 0.05) is 50.6 Å². The van der Waals surface area contributed by atoms with Crippen molar-refractivity contribution in [3.63, 3.8) is 0 Å². The Labute approximate surface area is 232 Å². The quantitative estimate of drug-likeness (QED) is 0.422. The third-order valence-electron chi connectivity index (χ3n) is 7.19. The number of hydrogen-bond donors (Lipinski definition) is 2. The van der Waals surface area contributed by atoms with Gasteiger partial charge in [-0.25, -0.2) is 0 Å². The van der Waals surface area contributed by atoms with E-state index in [0.29, 0.717) is 52.7 Å². The van der Waals surface area contributed by atoms with Crippen molar-refractivity contribution in [1.82, 2.24) is 14.8 Å². The smallest absolute Gasteiger partial charge is 0.0701 e. The van der Waals surface area contributed by atoms with Crippen molar-refractivity contribution in [3.8, 4) is 0 Å². The van der Waals surface area contributed by atoms with Gasteiger partial charge in [0.05, 0.1) is 64.1 Å². The largest absolute Gasteiger partial charge is 0.379 e. The minimum absolute atomic E-state index is 0.612. The molecule has 0 aliphatic carbocycles. The standard InChI is InChI=1S/C31H41N5O3/c1-3-10-30-26(6-1)24-35-12-16-37-17-13-36(15-19-39-21-20-38-18-14-35)25-27-7-2-4-11-31(27)33-23-29-9-5-8-28(34-29)22-32-30/h1-11,32-33H,12-25H2. The number of rotatable bonds is 0. The van der Waals surface area contributed by atoms with Gasteiger partial charge in [0.2, 0.25) is 0 Å². The highest BCUT2D eigenvalue weighted by Gasteiger charge is 2.13. The molecular weight excluding hydrogens is 490 g/mol. The molecule has 8 nitrogen and oxygen atoms in total. The van der Waals surface area contributed by atoms with Crippen molar-refractivity contribution in [2.24, 2.45) is 0 Å². The van der Waals surface area contributed by atoms with E-state index in [4.69, 9.17) is 19.2 Å². The van der Waals surface area contributed by atoms with Gasteiger partial charge in [-0.15, -0.1) is 0 Å². The average Bonchev–Trinajstić information content (AvgIpc) is 2.97. The molecule has 208 valence electrons. The maximum Gasteiger partial charge on any atom is 0.0701 e. The second-order valence-electron chi connectivity index (χ2n) is 10.0. The maximum absolute atomic E-state index is 6.15. The second-order valence-corrected chi connectivity index (χ2v) is 10.0. The summed E-state index contributed by atoms with van der Waals surface area (Å²) >= 11 is 0. The molecule has 0 amide bonds. The fourth-order valence-electron chi connectivity index (χ4n) is 4.98. The third kappa shape index (κ3) is 8.74. The number of anilines is 2. The topological polar surface area (TPSA) is 71.1 Å². The molecule has 0 radical (unpaired) electrons. The lowest BCUT2D eigenvalue weighted by atomic mass is 10.1. The van der Waals surface area contributed by atoms with Gasteiger partial charge < -0.3 is 24.8 Å². The molecule has 1 aromatic heterocycles. The van der Waals surface area contributed by atoms with Crippen LogP contribution in [0.2, 0.25) is 0 Å². The van der Waals surface area contributed by atoms with Crippen LogP contribution in [0.4, 0.5) is 11.4 Å². The highest BCUT2D eigenvalue weighted by atomic mass is 16.5. The molecule has 2 unspecified atom stereocenters. The summed E-state index contributed by atoms with van der Waals surface area (Å²) in [7, 11) is 0. The molecule has 2 aliphatic rings. The number of ether oxygens (including phenoxy) is 3. The molecule has 8 heteroatoms. The molecule has 1 saturated heterocycles. The van der Waals surface area contributed by atoms with Crippen molar-refractivity contribution in [1.29, 1.82) is 0 Å². The molecule has 0 saturated carbocycles. The van der Waals surface area contributed by atoms with Gasteiger partial charge in [-0.2, -0.15) is 0 Å².